The second-order valence-electron chi connectivity index (χ2n) is 4.37. The Morgan fingerprint density at radius 2 is 2.06 bits per heavy atom. The third kappa shape index (κ3) is 2.10. The van der Waals surface area contributed by atoms with Crippen molar-refractivity contribution in [3.8, 4) is 11.5 Å². The van der Waals surface area contributed by atoms with Crippen LogP contribution in [0, 0.1) is 5.92 Å². The molecule has 1 aliphatic carbocycles. The summed E-state index contributed by atoms with van der Waals surface area (Å²) >= 11 is 0. The van der Waals surface area contributed by atoms with Crippen molar-refractivity contribution in [3.63, 3.8) is 0 Å². The molecule has 94 valence electrons. The van der Waals surface area contributed by atoms with Crippen LogP contribution < -0.4 is 9.47 Å². The van der Waals surface area contributed by atoms with E-state index >= 15 is 0 Å². The molecule has 1 aliphatic rings. The maximum absolute atomic E-state index is 10.0. The summed E-state index contributed by atoms with van der Waals surface area (Å²) in [7, 11) is 3.18. The van der Waals surface area contributed by atoms with Crippen molar-refractivity contribution in [2.24, 2.45) is 5.92 Å². The molecule has 2 atom stereocenters. The molecule has 0 saturated carbocycles. The Bertz CT molecular complexity index is 403. The van der Waals surface area contributed by atoms with E-state index in [1.54, 1.807) is 20.3 Å². The molecule has 0 heterocycles. The van der Waals surface area contributed by atoms with Crippen LogP contribution in [0.3, 0.4) is 0 Å². The van der Waals surface area contributed by atoms with E-state index in [-0.39, 0.29) is 12.5 Å². The minimum absolute atomic E-state index is 0.0802. The van der Waals surface area contributed by atoms with E-state index in [4.69, 9.17) is 9.47 Å². The van der Waals surface area contributed by atoms with E-state index in [2.05, 4.69) is 0 Å². The lowest BCUT2D eigenvalue weighted by molar-refractivity contribution is 0.103. The highest BCUT2D eigenvalue weighted by molar-refractivity contribution is 5.52. The summed E-state index contributed by atoms with van der Waals surface area (Å²) in [5, 5.41) is 19.3. The molecule has 0 aromatic heterocycles. The quantitative estimate of drug-likeness (QED) is 0.833. The molecular formula is C13H18O4. The van der Waals surface area contributed by atoms with Crippen LogP contribution in [0.25, 0.3) is 0 Å². The van der Waals surface area contributed by atoms with E-state index in [1.807, 2.05) is 6.07 Å². The van der Waals surface area contributed by atoms with Gasteiger partial charge in [0.05, 0.1) is 20.3 Å². The van der Waals surface area contributed by atoms with E-state index < -0.39 is 6.10 Å². The molecular weight excluding hydrogens is 220 g/mol. The lowest BCUT2D eigenvalue weighted by Gasteiger charge is -2.29. The molecule has 17 heavy (non-hydrogen) atoms. The van der Waals surface area contributed by atoms with Crippen LogP contribution in [0.1, 0.15) is 23.7 Å². The van der Waals surface area contributed by atoms with Crippen LogP contribution in [-0.2, 0) is 6.42 Å². The highest BCUT2D eigenvalue weighted by Crippen LogP contribution is 2.42. The number of rotatable bonds is 3. The monoisotopic (exact) mass is 238 g/mol. The van der Waals surface area contributed by atoms with Crippen molar-refractivity contribution in [2.75, 3.05) is 20.8 Å². The number of hydrogen-bond donors (Lipinski definition) is 2. The Kier molecular flexibility index (Phi) is 3.54. The second kappa shape index (κ2) is 4.94. The van der Waals surface area contributed by atoms with Gasteiger partial charge in [-0.2, -0.15) is 0 Å². The molecule has 4 nitrogen and oxygen atoms in total. The summed E-state index contributed by atoms with van der Waals surface area (Å²) < 4.78 is 10.6. The highest BCUT2D eigenvalue weighted by Gasteiger charge is 2.28. The van der Waals surface area contributed by atoms with Crippen molar-refractivity contribution in [1.29, 1.82) is 0 Å². The lowest BCUT2D eigenvalue weighted by Crippen LogP contribution is -2.22. The topological polar surface area (TPSA) is 58.9 Å². The molecule has 0 radical (unpaired) electrons. The summed E-state index contributed by atoms with van der Waals surface area (Å²) in [6.45, 7) is 0.0802. The lowest BCUT2D eigenvalue weighted by atomic mass is 9.82. The largest absolute Gasteiger partial charge is 0.493 e. The smallest absolute Gasteiger partial charge is 0.164 e. The van der Waals surface area contributed by atoms with E-state index in [1.165, 1.54) is 0 Å². The van der Waals surface area contributed by atoms with Gasteiger partial charge in [-0.1, -0.05) is 6.07 Å². The molecule has 2 N–H and O–H groups in total. The van der Waals surface area contributed by atoms with Crippen molar-refractivity contribution < 1.29 is 19.7 Å². The van der Waals surface area contributed by atoms with Crippen LogP contribution in [0.4, 0.5) is 0 Å². The predicted octanol–water partition coefficient (Wildman–Crippen LogP) is 1.29. The van der Waals surface area contributed by atoms with E-state index in [0.29, 0.717) is 24.3 Å². The summed E-state index contributed by atoms with van der Waals surface area (Å²) in [5.41, 5.74) is 1.83. The fraction of sp³-hybridized carbons (Fsp3) is 0.538. The van der Waals surface area contributed by atoms with Gasteiger partial charge in [-0.05, 0) is 30.4 Å². The van der Waals surface area contributed by atoms with Crippen molar-refractivity contribution >= 4 is 0 Å². The van der Waals surface area contributed by atoms with E-state index in [0.717, 1.165) is 11.1 Å². The third-order valence-electron chi connectivity index (χ3n) is 3.35. The molecule has 0 bridgehead atoms. The average molecular weight is 238 g/mol. The first-order valence-corrected chi connectivity index (χ1v) is 5.74. The van der Waals surface area contributed by atoms with E-state index in [9.17, 15) is 10.2 Å². The fourth-order valence-electron chi connectivity index (χ4n) is 2.48. The zero-order valence-corrected chi connectivity index (χ0v) is 10.1. The predicted molar refractivity (Wildman–Crippen MR) is 63.4 cm³/mol. The third-order valence-corrected chi connectivity index (χ3v) is 3.35. The van der Waals surface area contributed by atoms with Crippen LogP contribution in [0.5, 0.6) is 11.5 Å². The van der Waals surface area contributed by atoms with Gasteiger partial charge in [0.15, 0.2) is 11.5 Å². The first-order chi connectivity index (χ1) is 8.21. The van der Waals surface area contributed by atoms with Crippen molar-refractivity contribution in [2.45, 2.75) is 18.9 Å². The Morgan fingerprint density at radius 3 is 2.65 bits per heavy atom. The summed E-state index contributed by atoms with van der Waals surface area (Å²) in [5.74, 6) is 1.41. The van der Waals surface area contributed by atoms with Crippen molar-refractivity contribution in [1.82, 2.24) is 0 Å². The molecule has 1 aromatic carbocycles. The number of benzene rings is 1. The number of fused-ring (bicyclic) bond motifs is 1. The highest BCUT2D eigenvalue weighted by atomic mass is 16.5. The zero-order valence-electron chi connectivity index (χ0n) is 10.1. The van der Waals surface area contributed by atoms with Gasteiger partial charge in [-0.15, -0.1) is 0 Å². The van der Waals surface area contributed by atoms with Gasteiger partial charge < -0.3 is 19.7 Å². The summed E-state index contributed by atoms with van der Waals surface area (Å²) in [6, 6.07) is 3.68. The van der Waals surface area contributed by atoms with Crippen LogP contribution >= 0.6 is 0 Å². The fourth-order valence-corrected chi connectivity index (χ4v) is 2.48. The molecule has 2 unspecified atom stereocenters. The zero-order chi connectivity index (χ0) is 12.4. The Morgan fingerprint density at radius 1 is 1.29 bits per heavy atom. The van der Waals surface area contributed by atoms with Gasteiger partial charge in [-0.3, -0.25) is 0 Å². The Hall–Kier alpha value is -1.26. The van der Waals surface area contributed by atoms with Gasteiger partial charge in [0, 0.05) is 12.2 Å². The number of aliphatic hydroxyl groups excluding tert-OH is 2. The summed E-state index contributed by atoms with van der Waals surface area (Å²) in [4.78, 5) is 0. The Balaban J connectivity index is 2.48. The van der Waals surface area contributed by atoms with Gasteiger partial charge in [-0.25, -0.2) is 0 Å². The number of aliphatic hydroxyl groups is 2. The second-order valence-corrected chi connectivity index (χ2v) is 4.37. The average Bonchev–Trinajstić information content (AvgIpc) is 2.36. The first-order valence-electron chi connectivity index (χ1n) is 5.74. The minimum atomic E-state index is -0.532. The van der Waals surface area contributed by atoms with Gasteiger partial charge in [0.2, 0.25) is 0 Å². The number of ether oxygens (including phenoxy) is 2. The first kappa shape index (κ1) is 12.2. The SMILES string of the molecule is COc1ccc2c(c1OC)CC(CO)CC2O. The minimum Gasteiger partial charge on any atom is -0.493 e. The van der Waals surface area contributed by atoms with Crippen molar-refractivity contribution in [3.05, 3.63) is 23.3 Å². The summed E-state index contributed by atoms with van der Waals surface area (Å²) in [6.07, 6.45) is 0.776. The normalized spacial score (nSPS) is 23.1. The van der Waals surface area contributed by atoms with Crippen LogP contribution in [-0.4, -0.2) is 31.0 Å². The van der Waals surface area contributed by atoms with Crippen LogP contribution in [0.2, 0.25) is 0 Å². The van der Waals surface area contributed by atoms with Gasteiger partial charge in [0.1, 0.15) is 0 Å². The molecule has 0 amide bonds. The molecule has 1 aromatic rings. The molecule has 0 aliphatic heterocycles. The number of hydrogen-bond acceptors (Lipinski definition) is 4. The standard InChI is InChI=1S/C13H18O4/c1-16-12-4-3-9-10(13(12)17-2)5-8(7-14)6-11(9)15/h3-4,8,11,14-15H,5-7H2,1-2H3. The maximum atomic E-state index is 10.0. The van der Waals surface area contributed by atoms with Crippen LogP contribution in [0.15, 0.2) is 12.1 Å². The molecule has 0 saturated heterocycles. The maximum Gasteiger partial charge on any atom is 0.164 e. The molecule has 0 fully saturated rings. The molecule has 4 heteroatoms. The van der Waals surface area contributed by atoms with Gasteiger partial charge >= 0.3 is 0 Å². The molecule has 0 spiro atoms. The van der Waals surface area contributed by atoms with Gasteiger partial charge in [0.25, 0.3) is 0 Å². The molecule has 2 rings (SSSR count). The Labute approximate surface area is 101 Å². The number of methoxy groups -OCH3 is 2.